The summed E-state index contributed by atoms with van der Waals surface area (Å²) in [4.78, 5) is 35.3. The van der Waals surface area contributed by atoms with Crippen molar-refractivity contribution in [3.05, 3.63) is 0 Å². The first kappa shape index (κ1) is 23.9. The molecule has 0 aliphatic carbocycles. The quantitative estimate of drug-likeness (QED) is 0.0936. The van der Waals surface area contributed by atoms with Crippen LogP contribution in [0.15, 0.2) is 0 Å². The molecule has 0 heterocycles. The van der Waals surface area contributed by atoms with E-state index >= 15 is 0 Å². The van der Waals surface area contributed by atoms with Gasteiger partial charge in [-0.15, -0.1) is 0 Å². The molecule has 0 aliphatic heterocycles. The molecule has 0 aliphatic rings. The zero-order chi connectivity index (χ0) is 20.1. The van der Waals surface area contributed by atoms with Gasteiger partial charge in [-0.1, -0.05) is 0 Å². The van der Waals surface area contributed by atoms with Crippen molar-refractivity contribution < 1.29 is 24.6 Å². The molecule has 150 valence electrons. The fourth-order valence-corrected chi connectivity index (χ4v) is 2.40. The fraction of sp³-hybridized carbons (Fsp3) is 0.714. The summed E-state index contributed by atoms with van der Waals surface area (Å²) in [5, 5.41) is 32.6. The molecule has 0 aromatic carbocycles. The van der Waals surface area contributed by atoms with Crippen LogP contribution in [0.5, 0.6) is 0 Å². The number of carboxylic acids is 1. The summed E-state index contributed by atoms with van der Waals surface area (Å²) in [5.41, 5.74) is 10.8. The van der Waals surface area contributed by atoms with Gasteiger partial charge >= 0.3 is 5.97 Å². The Morgan fingerprint density at radius 2 is 1.77 bits per heavy atom. The molecule has 0 saturated heterocycles. The highest BCUT2D eigenvalue weighted by atomic mass is 32.2. The number of rotatable bonds is 13. The Morgan fingerprint density at radius 1 is 1.15 bits per heavy atom. The molecule has 0 rings (SSSR count). The molecule has 0 saturated carbocycles. The molecule has 26 heavy (non-hydrogen) atoms. The first-order valence-electron chi connectivity index (χ1n) is 7.99. The zero-order valence-electron chi connectivity index (χ0n) is 14.7. The number of guanidine groups is 1. The van der Waals surface area contributed by atoms with Crippen molar-refractivity contribution in [1.82, 2.24) is 16.0 Å². The monoisotopic (exact) mass is 392 g/mol. The summed E-state index contributed by atoms with van der Waals surface area (Å²) in [6, 6.07) is -3.32. The maximum atomic E-state index is 12.1. The second kappa shape index (κ2) is 13.2. The van der Waals surface area contributed by atoms with E-state index in [1.54, 1.807) is 0 Å². The van der Waals surface area contributed by atoms with Crippen molar-refractivity contribution in [3.63, 3.8) is 0 Å². The third-order valence-electron chi connectivity index (χ3n) is 3.38. The third-order valence-corrected chi connectivity index (χ3v) is 4.03. The summed E-state index contributed by atoms with van der Waals surface area (Å²) in [6.07, 6.45) is 2.70. The molecular weight excluding hydrogens is 364 g/mol. The lowest BCUT2D eigenvalue weighted by Crippen LogP contribution is -2.55. The zero-order valence-corrected chi connectivity index (χ0v) is 15.5. The predicted molar refractivity (Wildman–Crippen MR) is 98.7 cm³/mol. The Balaban J connectivity index is 4.59. The second-order valence-electron chi connectivity index (χ2n) is 5.51. The average molecular weight is 392 g/mol. The van der Waals surface area contributed by atoms with Crippen molar-refractivity contribution in [2.75, 3.05) is 25.2 Å². The largest absolute Gasteiger partial charge is 0.480 e. The second-order valence-corrected chi connectivity index (χ2v) is 6.50. The number of carboxylic acid groups (broad SMARTS) is 1. The number of hydrogen-bond donors (Lipinski definition) is 8. The molecule has 0 fully saturated rings. The number of carbonyl (C=O) groups is 3. The van der Waals surface area contributed by atoms with Crippen LogP contribution in [0.4, 0.5) is 0 Å². The van der Waals surface area contributed by atoms with Crippen molar-refractivity contribution in [2.24, 2.45) is 11.5 Å². The SMILES string of the molecule is CSCC[C@H](N)C(=O)N[C@@H](CO)C(=O)N[C@@H](CCCNC(=N)N)C(=O)O. The molecule has 0 unspecified atom stereocenters. The summed E-state index contributed by atoms with van der Waals surface area (Å²) in [6.45, 7) is -0.412. The lowest BCUT2D eigenvalue weighted by atomic mass is 10.1. The minimum absolute atomic E-state index is 0.0840. The van der Waals surface area contributed by atoms with Gasteiger partial charge in [0.2, 0.25) is 11.8 Å². The topological polar surface area (TPSA) is 204 Å². The molecule has 12 heteroatoms. The molecular formula is C14H28N6O5S. The number of amides is 2. The number of nitrogens with one attached hydrogen (secondary N) is 4. The minimum Gasteiger partial charge on any atom is -0.480 e. The molecule has 0 bridgehead atoms. The van der Waals surface area contributed by atoms with Crippen LogP contribution in [0.2, 0.25) is 0 Å². The van der Waals surface area contributed by atoms with Crippen molar-refractivity contribution in [2.45, 2.75) is 37.4 Å². The lowest BCUT2D eigenvalue weighted by Gasteiger charge is -2.21. The van der Waals surface area contributed by atoms with Crippen LogP contribution in [-0.4, -0.2) is 77.2 Å². The molecule has 0 spiro atoms. The highest BCUT2D eigenvalue weighted by molar-refractivity contribution is 7.98. The first-order valence-corrected chi connectivity index (χ1v) is 9.39. The van der Waals surface area contributed by atoms with Gasteiger partial charge in [-0.2, -0.15) is 11.8 Å². The number of thioether (sulfide) groups is 1. The Hall–Kier alpha value is -2.05. The van der Waals surface area contributed by atoms with Crippen LogP contribution in [0.1, 0.15) is 19.3 Å². The van der Waals surface area contributed by atoms with Crippen molar-refractivity contribution in [3.8, 4) is 0 Å². The van der Waals surface area contributed by atoms with Crippen LogP contribution in [0.25, 0.3) is 0 Å². The van der Waals surface area contributed by atoms with Gasteiger partial charge in [0.1, 0.15) is 12.1 Å². The van der Waals surface area contributed by atoms with Gasteiger partial charge in [0.25, 0.3) is 0 Å². The van der Waals surface area contributed by atoms with Crippen LogP contribution in [-0.2, 0) is 14.4 Å². The number of aliphatic hydroxyl groups is 1. The Labute approximate surface area is 156 Å². The summed E-state index contributed by atoms with van der Waals surface area (Å²) < 4.78 is 0. The molecule has 0 aromatic heterocycles. The van der Waals surface area contributed by atoms with Crippen LogP contribution >= 0.6 is 11.8 Å². The lowest BCUT2D eigenvalue weighted by molar-refractivity contribution is -0.142. The number of nitrogens with two attached hydrogens (primary N) is 2. The van der Waals surface area contributed by atoms with E-state index in [4.69, 9.17) is 16.9 Å². The smallest absolute Gasteiger partial charge is 0.326 e. The van der Waals surface area contributed by atoms with Gasteiger partial charge < -0.3 is 37.6 Å². The average Bonchev–Trinajstić information content (AvgIpc) is 2.58. The van der Waals surface area contributed by atoms with E-state index in [1.807, 2.05) is 6.26 Å². The van der Waals surface area contributed by atoms with E-state index in [0.29, 0.717) is 18.6 Å². The van der Waals surface area contributed by atoms with Gasteiger partial charge in [-0.05, 0) is 31.3 Å². The predicted octanol–water partition coefficient (Wildman–Crippen LogP) is -2.62. The van der Waals surface area contributed by atoms with Crippen LogP contribution in [0, 0.1) is 5.41 Å². The van der Waals surface area contributed by atoms with Crippen molar-refractivity contribution >= 4 is 35.5 Å². The molecule has 11 nitrogen and oxygen atoms in total. The first-order chi connectivity index (χ1) is 12.2. The fourth-order valence-electron chi connectivity index (χ4n) is 1.91. The maximum Gasteiger partial charge on any atom is 0.326 e. The Bertz CT molecular complexity index is 492. The molecule has 0 aromatic rings. The summed E-state index contributed by atoms with van der Waals surface area (Å²) >= 11 is 1.52. The highest BCUT2D eigenvalue weighted by Crippen LogP contribution is 2.01. The summed E-state index contributed by atoms with van der Waals surface area (Å²) in [5.74, 6) is -2.22. The molecule has 2 amide bonds. The number of aliphatic carboxylic acids is 1. The van der Waals surface area contributed by atoms with Crippen LogP contribution < -0.4 is 27.4 Å². The minimum atomic E-state index is -1.29. The van der Waals surface area contributed by atoms with E-state index in [0.717, 1.165) is 0 Å². The van der Waals surface area contributed by atoms with E-state index in [2.05, 4.69) is 16.0 Å². The Morgan fingerprint density at radius 3 is 2.27 bits per heavy atom. The van der Waals surface area contributed by atoms with Gasteiger partial charge in [0.05, 0.1) is 12.6 Å². The van der Waals surface area contributed by atoms with Gasteiger partial charge in [-0.25, -0.2) is 4.79 Å². The number of carbonyl (C=O) groups excluding carboxylic acids is 2. The molecule has 3 atom stereocenters. The standard InChI is InChI=1S/C14H28N6O5S/c1-26-6-4-8(15)11(22)20-10(7-21)12(23)19-9(13(24)25)3-2-5-18-14(16)17/h8-10,21H,2-7,15H2,1H3,(H,19,23)(H,20,22)(H,24,25)(H4,16,17,18)/t8-,9-,10-/m0/s1. The Kier molecular flexibility index (Phi) is 12.2. The van der Waals surface area contributed by atoms with Gasteiger partial charge in [0.15, 0.2) is 5.96 Å². The van der Waals surface area contributed by atoms with E-state index < -0.39 is 42.5 Å². The van der Waals surface area contributed by atoms with Crippen molar-refractivity contribution in [1.29, 1.82) is 5.41 Å². The summed E-state index contributed by atoms with van der Waals surface area (Å²) in [7, 11) is 0. The number of hydrogen-bond acceptors (Lipinski definition) is 7. The highest BCUT2D eigenvalue weighted by Gasteiger charge is 2.27. The van der Waals surface area contributed by atoms with E-state index in [-0.39, 0.29) is 18.9 Å². The van der Waals surface area contributed by atoms with Crippen LogP contribution in [0.3, 0.4) is 0 Å². The number of aliphatic hydroxyl groups excluding tert-OH is 1. The third kappa shape index (κ3) is 10.1. The maximum absolute atomic E-state index is 12.1. The van der Waals surface area contributed by atoms with E-state index in [1.165, 1.54) is 11.8 Å². The normalized spacial score (nSPS) is 14.0. The van der Waals surface area contributed by atoms with Gasteiger partial charge in [-0.3, -0.25) is 15.0 Å². The van der Waals surface area contributed by atoms with Gasteiger partial charge in [0, 0.05) is 6.54 Å². The van der Waals surface area contributed by atoms with E-state index in [9.17, 15) is 24.6 Å². The molecule has 0 radical (unpaired) electrons. The molecule has 10 N–H and O–H groups in total.